The van der Waals surface area contributed by atoms with E-state index < -0.39 is 5.97 Å². The van der Waals surface area contributed by atoms with Crippen LogP contribution in [0.4, 0.5) is 0 Å². The van der Waals surface area contributed by atoms with Crippen LogP contribution in [0.2, 0.25) is 5.02 Å². The number of likely N-dealkylation sites (N-methyl/N-ethyl adjacent to an activating group) is 1. The van der Waals surface area contributed by atoms with E-state index in [0.717, 1.165) is 16.7 Å². The number of benzene rings is 2. The first-order chi connectivity index (χ1) is 13.4. The molecule has 7 heteroatoms. The molecule has 0 spiro atoms. The highest BCUT2D eigenvalue weighted by Crippen LogP contribution is 2.20. The first kappa shape index (κ1) is 19.6. The Labute approximate surface area is 168 Å². The molecule has 144 valence electrons. The minimum Gasteiger partial charge on any atom is -0.451 e. The molecule has 1 aromatic heterocycles. The van der Waals surface area contributed by atoms with Crippen molar-refractivity contribution in [3.63, 3.8) is 0 Å². The van der Waals surface area contributed by atoms with Gasteiger partial charge in [-0.15, -0.1) is 0 Å². The van der Waals surface area contributed by atoms with Gasteiger partial charge in [0.15, 0.2) is 6.61 Å². The number of aromatic amines is 1. The minimum absolute atomic E-state index is 0.180. The van der Waals surface area contributed by atoms with E-state index in [9.17, 15) is 9.59 Å². The predicted molar refractivity (Wildman–Crippen MR) is 107 cm³/mol. The number of nitrogens with one attached hydrogen (secondary N) is 1. The van der Waals surface area contributed by atoms with Crippen LogP contribution >= 0.6 is 11.6 Å². The van der Waals surface area contributed by atoms with Crippen molar-refractivity contribution in [3.8, 4) is 11.3 Å². The van der Waals surface area contributed by atoms with Crippen LogP contribution in [0.5, 0.6) is 0 Å². The van der Waals surface area contributed by atoms with E-state index in [4.69, 9.17) is 16.3 Å². The van der Waals surface area contributed by atoms with Crippen LogP contribution in [-0.2, 0) is 16.1 Å². The summed E-state index contributed by atoms with van der Waals surface area (Å²) < 4.78 is 5.12. The van der Waals surface area contributed by atoms with E-state index in [1.807, 2.05) is 31.2 Å². The molecule has 1 N–H and O–H groups in total. The number of rotatable bonds is 6. The lowest BCUT2D eigenvalue weighted by Gasteiger charge is -2.18. The summed E-state index contributed by atoms with van der Waals surface area (Å²) >= 11 is 5.87. The monoisotopic (exact) mass is 397 g/mol. The van der Waals surface area contributed by atoms with Crippen molar-refractivity contribution in [1.29, 1.82) is 0 Å². The van der Waals surface area contributed by atoms with E-state index in [2.05, 4.69) is 10.2 Å². The minimum atomic E-state index is -0.634. The summed E-state index contributed by atoms with van der Waals surface area (Å²) in [5.41, 5.74) is 3.73. The van der Waals surface area contributed by atoms with Gasteiger partial charge in [0.25, 0.3) is 5.91 Å². The van der Waals surface area contributed by atoms with E-state index >= 15 is 0 Å². The highest BCUT2D eigenvalue weighted by Gasteiger charge is 2.16. The van der Waals surface area contributed by atoms with Crippen molar-refractivity contribution in [1.82, 2.24) is 15.1 Å². The predicted octanol–water partition coefficient (Wildman–Crippen LogP) is 3.85. The molecule has 3 rings (SSSR count). The molecule has 0 saturated heterocycles. The molecule has 6 nitrogen and oxygen atoms in total. The average molecular weight is 398 g/mol. The number of amides is 1. The van der Waals surface area contributed by atoms with Gasteiger partial charge >= 0.3 is 5.97 Å². The molecule has 0 fully saturated rings. The molecule has 0 atom stereocenters. The van der Waals surface area contributed by atoms with E-state index in [1.54, 1.807) is 37.4 Å². The Morgan fingerprint density at radius 3 is 2.57 bits per heavy atom. The van der Waals surface area contributed by atoms with Crippen molar-refractivity contribution in [2.45, 2.75) is 13.5 Å². The van der Waals surface area contributed by atoms with Crippen molar-refractivity contribution >= 4 is 23.5 Å². The fourth-order valence-electron chi connectivity index (χ4n) is 2.64. The SMILES string of the molecule is Cc1ccccc1CN(C)C(=O)COC(=O)c1cc(-c2ccc(Cl)cc2)n[nH]1. The second-order valence-corrected chi connectivity index (χ2v) is 6.86. The summed E-state index contributed by atoms with van der Waals surface area (Å²) in [7, 11) is 1.68. The fourth-order valence-corrected chi connectivity index (χ4v) is 2.77. The van der Waals surface area contributed by atoms with Crippen molar-refractivity contribution in [2.75, 3.05) is 13.7 Å². The molecule has 1 heterocycles. The van der Waals surface area contributed by atoms with Crippen LogP contribution in [0.3, 0.4) is 0 Å². The first-order valence-electron chi connectivity index (χ1n) is 8.71. The third-order valence-corrected chi connectivity index (χ3v) is 4.61. The van der Waals surface area contributed by atoms with Gasteiger partial charge in [0.2, 0.25) is 0 Å². The third-order valence-electron chi connectivity index (χ3n) is 4.36. The largest absolute Gasteiger partial charge is 0.451 e. The van der Waals surface area contributed by atoms with Gasteiger partial charge in [-0.1, -0.05) is 48.0 Å². The van der Waals surface area contributed by atoms with Gasteiger partial charge in [0.05, 0.1) is 5.69 Å². The Bertz CT molecular complexity index is 983. The smallest absolute Gasteiger partial charge is 0.356 e. The summed E-state index contributed by atoms with van der Waals surface area (Å²) in [5.74, 6) is -0.917. The number of H-pyrrole nitrogens is 1. The number of carbonyl (C=O) groups is 2. The molecule has 28 heavy (non-hydrogen) atoms. The number of aromatic nitrogens is 2. The number of carbonyl (C=O) groups excluding carboxylic acids is 2. The van der Waals surface area contributed by atoms with Crippen molar-refractivity contribution < 1.29 is 14.3 Å². The summed E-state index contributed by atoms with van der Waals surface area (Å²) in [6, 6.07) is 16.5. The van der Waals surface area contributed by atoms with E-state index in [-0.39, 0.29) is 18.2 Å². The quantitative estimate of drug-likeness (QED) is 0.641. The maximum atomic E-state index is 12.3. The molecule has 0 unspecified atom stereocenters. The normalized spacial score (nSPS) is 10.5. The van der Waals surface area contributed by atoms with Crippen LogP contribution in [0.25, 0.3) is 11.3 Å². The van der Waals surface area contributed by atoms with Gasteiger partial charge in [-0.3, -0.25) is 9.89 Å². The van der Waals surface area contributed by atoms with Crippen LogP contribution in [-0.4, -0.2) is 40.6 Å². The second-order valence-electron chi connectivity index (χ2n) is 6.43. The number of hydrogen-bond acceptors (Lipinski definition) is 4. The summed E-state index contributed by atoms with van der Waals surface area (Å²) in [6.45, 7) is 2.11. The van der Waals surface area contributed by atoms with Crippen molar-refractivity contribution in [2.24, 2.45) is 0 Å². The Kier molecular flexibility index (Phi) is 6.11. The number of nitrogens with zero attached hydrogens (tertiary/aromatic N) is 2. The van der Waals surface area contributed by atoms with E-state index in [0.29, 0.717) is 17.3 Å². The Hall–Kier alpha value is -3.12. The zero-order valence-corrected chi connectivity index (χ0v) is 16.4. The zero-order valence-electron chi connectivity index (χ0n) is 15.6. The van der Waals surface area contributed by atoms with Gasteiger partial charge in [0, 0.05) is 24.2 Å². The first-order valence-corrected chi connectivity index (χ1v) is 9.09. The lowest BCUT2D eigenvalue weighted by Crippen LogP contribution is -2.31. The molecule has 2 aromatic carbocycles. The topological polar surface area (TPSA) is 75.3 Å². The molecule has 0 aliphatic carbocycles. The van der Waals surface area contributed by atoms with Gasteiger partial charge in [-0.25, -0.2) is 4.79 Å². The highest BCUT2D eigenvalue weighted by molar-refractivity contribution is 6.30. The fraction of sp³-hybridized carbons (Fsp3) is 0.190. The maximum absolute atomic E-state index is 12.3. The average Bonchev–Trinajstić information content (AvgIpc) is 3.18. The molecule has 0 aliphatic heterocycles. The second kappa shape index (κ2) is 8.71. The lowest BCUT2D eigenvalue weighted by atomic mass is 10.1. The zero-order chi connectivity index (χ0) is 20.1. The van der Waals surface area contributed by atoms with Crippen LogP contribution in [0.15, 0.2) is 54.6 Å². The number of halogens is 1. The maximum Gasteiger partial charge on any atom is 0.356 e. The van der Waals surface area contributed by atoms with Gasteiger partial charge in [-0.2, -0.15) is 5.10 Å². The molecule has 1 amide bonds. The molecule has 0 saturated carbocycles. The standard InChI is InChI=1S/C21H20ClN3O3/c1-14-5-3-4-6-16(14)12-25(2)20(26)13-28-21(27)19-11-18(23-24-19)15-7-9-17(22)10-8-15/h3-11H,12-13H2,1-2H3,(H,23,24). The Morgan fingerprint density at radius 2 is 1.86 bits per heavy atom. The van der Waals surface area contributed by atoms with Crippen molar-refractivity contribution in [3.05, 3.63) is 76.4 Å². The number of esters is 1. The molecule has 3 aromatic rings. The van der Waals surface area contributed by atoms with Crippen LogP contribution < -0.4 is 0 Å². The number of ether oxygens (including phenoxy) is 1. The summed E-state index contributed by atoms with van der Waals surface area (Å²) in [4.78, 5) is 26.0. The molecule has 0 radical (unpaired) electrons. The van der Waals surface area contributed by atoms with Crippen LogP contribution in [0.1, 0.15) is 21.6 Å². The molecular formula is C21H20ClN3O3. The summed E-state index contributed by atoms with van der Waals surface area (Å²) in [5, 5.41) is 7.35. The molecule has 0 bridgehead atoms. The summed E-state index contributed by atoms with van der Waals surface area (Å²) in [6.07, 6.45) is 0. The third kappa shape index (κ3) is 4.78. The Balaban J connectivity index is 1.55. The number of hydrogen-bond donors (Lipinski definition) is 1. The Morgan fingerprint density at radius 1 is 1.14 bits per heavy atom. The molecular weight excluding hydrogens is 378 g/mol. The molecule has 0 aliphatic rings. The van der Waals surface area contributed by atoms with E-state index in [1.165, 1.54) is 4.90 Å². The highest BCUT2D eigenvalue weighted by atomic mass is 35.5. The lowest BCUT2D eigenvalue weighted by molar-refractivity contribution is -0.133. The number of aryl methyl sites for hydroxylation is 1. The van der Waals surface area contributed by atoms with Gasteiger partial charge in [-0.05, 0) is 36.2 Å². The van der Waals surface area contributed by atoms with Gasteiger partial charge in [0.1, 0.15) is 5.69 Å². The van der Waals surface area contributed by atoms with Crippen LogP contribution in [0, 0.1) is 6.92 Å². The van der Waals surface area contributed by atoms with Gasteiger partial charge < -0.3 is 9.64 Å².